The van der Waals surface area contributed by atoms with Gasteiger partial charge in [0.1, 0.15) is 5.69 Å². The largest absolute Gasteiger partial charge is 0.477 e. The van der Waals surface area contributed by atoms with Crippen LogP contribution in [0.2, 0.25) is 0 Å². The summed E-state index contributed by atoms with van der Waals surface area (Å²) in [5, 5.41) is 22.2. The quantitative estimate of drug-likeness (QED) is 0.425. The van der Waals surface area contributed by atoms with Crippen molar-refractivity contribution >= 4 is 17.6 Å². The van der Waals surface area contributed by atoms with Gasteiger partial charge in [0.05, 0.1) is 64.2 Å². The molecule has 13 heteroatoms. The Balaban J connectivity index is 1.54. The Morgan fingerprint density at radius 2 is 1.19 bits per heavy atom. The van der Waals surface area contributed by atoms with Crippen LogP contribution < -0.4 is 5.32 Å². The highest BCUT2D eigenvalue weighted by atomic mass is 16.5. The van der Waals surface area contributed by atoms with E-state index < -0.39 is 11.9 Å². The molecule has 3 heterocycles. The summed E-state index contributed by atoms with van der Waals surface area (Å²) >= 11 is 0. The van der Waals surface area contributed by atoms with Crippen LogP contribution in [0.4, 0.5) is 5.69 Å². The van der Waals surface area contributed by atoms with Crippen LogP contribution in [0.5, 0.6) is 0 Å². The number of carboxylic acid groups (broad SMARTS) is 2. The van der Waals surface area contributed by atoms with E-state index in [9.17, 15) is 19.8 Å². The van der Waals surface area contributed by atoms with Gasteiger partial charge in [-0.2, -0.15) is 0 Å². The first-order chi connectivity index (χ1) is 20.6. The Bertz CT molecular complexity index is 1140. The summed E-state index contributed by atoms with van der Waals surface area (Å²) in [6, 6.07) is 8.42. The third kappa shape index (κ3) is 13.8. The summed E-state index contributed by atoms with van der Waals surface area (Å²) in [5.41, 5.74) is 1.81. The zero-order chi connectivity index (χ0) is 31.1. The number of carbonyl (C=O) groups is 2. The highest BCUT2D eigenvalue weighted by molar-refractivity contribution is 5.86. The summed E-state index contributed by atoms with van der Waals surface area (Å²) in [6.45, 7) is 13.1. The molecule has 2 aromatic rings. The van der Waals surface area contributed by atoms with Crippen LogP contribution in [0.25, 0.3) is 0 Å². The molecule has 0 atom stereocenters. The highest BCUT2D eigenvalue weighted by Crippen LogP contribution is 2.18. The van der Waals surface area contributed by atoms with Crippen molar-refractivity contribution in [3.63, 3.8) is 0 Å². The standard InChI is InChI=1S/C30H45N5O8/c1-30(2,3)33-24-19-25(32-27(20-24)29(38)39)22-35-9-13-42-17-15-40-11-7-34(8-12-41-16-18-43-14-10-35)21-23-5-4-6-26(31-23)28(36)37/h4-6,19-20H,7-18,21-22H2,1-3H3,(H,32,33)(H,36,37)(H,38,39). The van der Waals surface area contributed by atoms with Crippen molar-refractivity contribution in [2.24, 2.45) is 0 Å². The van der Waals surface area contributed by atoms with Crippen LogP contribution >= 0.6 is 0 Å². The van der Waals surface area contributed by atoms with Crippen LogP contribution in [0.1, 0.15) is 53.1 Å². The predicted molar refractivity (Wildman–Crippen MR) is 160 cm³/mol. The number of hydrogen-bond acceptors (Lipinski definition) is 11. The monoisotopic (exact) mass is 603 g/mol. The lowest BCUT2D eigenvalue weighted by atomic mass is 10.1. The summed E-state index contributed by atoms with van der Waals surface area (Å²) in [7, 11) is 0. The molecule has 1 saturated heterocycles. The topological polar surface area (TPSA) is 156 Å². The first kappa shape index (κ1) is 34.3. The zero-order valence-electron chi connectivity index (χ0n) is 25.4. The fourth-order valence-electron chi connectivity index (χ4n) is 4.39. The number of aromatic nitrogens is 2. The number of anilines is 1. The average Bonchev–Trinajstić information content (AvgIpc) is 2.94. The van der Waals surface area contributed by atoms with E-state index in [1.165, 1.54) is 6.07 Å². The normalized spacial score (nSPS) is 17.9. The maximum Gasteiger partial charge on any atom is 0.354 e. The summed E-state index contributed by atoms with van der Waals surface area (Å²) in [4.78, 5) is 35.8. The minimum absolute atomic E-state index is 0.00366. The van der Waals surface area contributed by atoms with Gasteiger partial charge in [-0.25, -0.2) is 19.6 Å². The molecule has 0 bridgehead atoms. The van der Waals surface area contributed by atoms with E-state index >= 15 is 0 Å². The number of rotatable bonds is 7. The van der Waals surface area contributed by atoms with E-state index in [1.54, 1.807) is 12.1 Å². The Morgan fingerprint density at radius 1 is 0.721 bits per heavy atom. The fraction of sp³-hybridized carbons (Fsp3) is 0.600. The maximum atomic E-state index is 11.7. The molecule has 238 valence electrons. The molecular weight excluding hydrogens is 558 g/mol. The summed E-state index contributed by atoms with van der Waals surface area (Å²) < 4.78 is 23.2. The number of ether oxygens (including phenoxy) is 4. The second-order valence-corrected chi connectivity index (χ2v) is 11.2. The molecule has 0 spiro atoms. The van der Waals surface area contributed by atoms with Gasteiger partial charge in [0, 0.05) is 50.5 Å². The molecule has 1 aliphatic rings. The maximum absolute atomic E-state index is 11.7. The van der Waals surface area contributed by atoms with Crippen molar-refractivity contribution in [1.29, 1.82) is 0 Å². The molecular formula is C30H45N5O8. The molecule has 0 aliphatic carbocycles. The number of nitrogens with one attached hydrogen (secondary N) is 1. The fourth-order valence-corrected chi connectivity index (χ4v) is 4.39. The molecule has 1 fully saturated rings. The molecule has 3 N–H and O–H groups in total. The smallest absolute Gasteiger partial charge is 0.354 e. The van der Waals surface area contributed by atoms with Crippen molar-refractivity contribution in [2.75, 3.05) is 84.4 Å². The van der Waals surface area contributed by atoms with E-state index in [1.807, 2.05) is 32.9 Å². The number of hydrogen-bond donors (Lipinski definition) is 3. The lowest BCUT2D eigenvalue weighted by Gasteiger charge is -2.25. The minimum Gasteiger partial charge on any atom is -0.477 e. The van der Waals surface area contributed by atoms with Crippen LogP contribution in [0.3, 0.4) is 0 Å². The number of nitrogens with zero attached hydrogens (tertiary/aromatic N) is 4. The molecule has 0 aromatic carbocycles. The molecule has 1 aliphatic heterocycles. The first-order valence-electron chi connectivity index (χ1n) is 14.6. The molecule has 13 nitrogen and oxygen atoms in total. The van der Waals surface area contributed by atoms with Crippen molar-refractivity contribution in [3.05, 3.63) is 53.1 Å². The van der Waals surface area contributed by atoms with E-state index in [0.717, 1.165) is 0 Å². The molecule has 0 radical (unpaired) electrons. The van der Waals surface area contributed by atoms with Crippen molar-refractivity contribution in [3.8, 4) is 0 Å². The van der Waals surface area contributed by atoms with Gasteiger partial charge in [-0.15, -0.1) is 0 Å². The van der Waals surface area contributed by atoms with E-state index in [2.05, 4.69) is 25.1 Å². The molecule has 0 unspecified atom stereocenters. The van der Waals surface area contributed by atoms with E-state index in [0.29, 0.717) is 109 Å². The van der Waals surface area contributed by atoms with Gasteiger partial charge in [-0.05, 0) is 45.0 Å². The number of aromatic carboxylic acids is 2. The van der Waals surface area contributed by atoms with Gasteiger partial charge in [-0.1, -0.05) is 6.07 Å². The number of pyridine rings is 2. The van der Waals surface area contributed by atoms with Gasteiger partial charge >= 0.3 is 11.9 Å². The molecule has 43 heavy (non-hydrogen) atoms. The SMILES string of the molecule is CC(C)(C)Nc1cc(CN2CCOCCOCCN(Cc3cccc(C(=O)O)n3)CCOCCOCC2)nc(C(=O)O)c1. The Labute approximate surface area is 253 Å². The third-order valence-electron chi connectivity index (χ3n) is 6.37. The summed E-state index contributed by atoms with van der Waals surface area (Å²) in [5.74, 6) is -2.12. The first-order valence-corrected chi connectivity index (χ1v) is 14.6. The Morgan fingerprint density at radius 3 is 1.65 bits per heavy atom. The predicted octanol–water partition coefficient (Wildman–Crippen LogP) is 2.47. The van der Waals surface area contributed by atoms with E-state index in [-0.39, 0.29) is 16.9 Å². The van der Waals surface area contributed by atoms with Crippen molar-refractivity contribution in [1.82, 2.24) is 19.8 Å². The molecule has 3 rings (SSSR count). The van der Waals surface area contributed by atoms with Gasteiger partial charge < -0.3 is 34.5 Å². The zero-order valence-corrected chi connectivity index (χ0v) is 25.4. The summed E-state index contributed by atoms with van der Waals surface area (Å²) in [6.07, 6.45) is 0. The third-order valence-corrected chi connectivity index (χ3v) is 6.37. The Hall–Kier alpha value is -3.20. The van der Waals surface area contributed by atoms with Gasteiger partial charge in [0.15, 0.2) is 5.69 Å². The van der Waals surface area contributed by atoms with Crippen LogP contribution in [-0.4, -0.2) is 126 Å². The lowest BCUT2D eigenvalue weighted by molar-refractivity contribution is 0.00597. The Kier molecular flexibility index (Phi) is 14.2. The van der Waals surface area contributed by atoms with E-state index in [4.69, 9.17) is 18.9 Å². The minimum atomic E-state index is -1.07. The van der Waals surface area contributed by atoms with Crippen LogP contribution in [-0.2, 0) is 32.0 Å². The molecule has 0 saturated carbocycles. The van der Waals surface area contributed by atoms with Crippen molar-refractivity contribution in [2.45, 2.75) is 39.4 Å². The highest BCUT2D eigenvalue weighted by Gasteiger charge is 2.16. The second-order valence-electron chi connectivity index (χ2n) is 11.2. The second kappa shape index (κ2) is 17.8. The van der Waals surface area contributed by atoms with Gasteiger partial charge in [0.2, 0.25) is 0 Å². The average molecular weight is 604 g/mol. The lowest BCUT2D eigenvalue weighted by Crippen LogP contribution is -2.33. The van der Waals surface area contributed by atoms with Crippen LogP contribution in [0.15, 0.2) is 30.3 Å². The molecule has 2 aromatic heterocycles. The number of carboxylic acids is 2. The van der Waals surface area contributed by atoms with Gasteiger partial charge in [-0.3, -0.25) is 9.80 Å². The van der Waals surface area contributed by atoms with Gasteiger partial charge in [0.25, 0.3) is 0 Å². The van der Waals surface area contributed by atoms with Crippen LogP contribution in [0, 0.1) is 0 Å². The molecule has 0 amide bonds. The van der Waals surface area contributed by atoms with Crippen molar-refractivity contribution < 1.29 is 38.7 Å².